The first-order valence-electron chi connectivity index (χ1n) is 13.2. The normalized spacial score (nSPS) is 18.8. The van der Waals surface area contributed by atoms with E-state index in [1.807, 2.05) is 25.2 Å². The Morgan fingerprint density at radius 3 is 2.69 bits per heavy atom. The topological polar surface area (TPSA) is 115 Å². The molecule has 1 aromatic carbocycles. The number of amides is 1. The van der Waals surface area contributed by atoms with Crippen LogP contribution in [0.3, 0.4) is 0 Å². The van der Waals surface area contributed by atoms with E-state index in [0.717, 1.165) is 22.6 Å². The first-order valence-corrected chi connectivity index (χ1v) is 13.2. The van der Waals surface area contributed by atoms with Gasteiger partial charge in [-0.2, -0.15) is 4.98 Å². The fraction of sp³-hybridized carbons (Fsp3) is 0.500. The number of aryl methyl sites for hydroxylation is 1. The van der Waals surface area contributed by atoms with E-state index >= 15 is 0 Å². The lowest BCUT2D eigenvalue weighted by molar-refractivity contribution is -0.124. The number of anilines is 4. The van der Waals surface area contributed by atoms with Crippen molar-refractivity contribution in [2.45, 2.75) is 39.2 Å². The number of hydrogen-bond donors (Lipinski definition) is 1. The zero-order valence-electron chi connectivity index (χ0n) is 23.4. The van der Waals surface area contributed by atoms with Gasteiger partial charge in [0.2, 0.25) is 5.95 Å². The Bertz CT molecular complexity index is 1350. The van der Waals surface area contributed by atoms with Gasteiger partial charge in [0.1, 0.15) is 17.0 Å². The zero-order chi connectivity index (χ0) is 27.7. The van der Waals surface area contributed by atoms with Gasteiger partial charge in [-0.1, -0.05) is 13.8 Å². The highest BCUT2D eigenvalue weighted by Crippen LogP contribution is 2.45. The molecule has 1 unspecified atom stereocenters. The maximum atomic E-state index is 13.8. The summed E-state index contributed by atoms with van der Waals surface area (Å²) in [4.78, 5) is 31.6. The molecule has 11 heteroatoms. The molecule has 2 aromatic heterocycles. The number of rotatable bonds is 9. The van der Waals surface area contributed by atoms with Crippen molar-refractivity contribution in [3.8, 4) is 17.1 Å². The molecule has 0 aliphatic carbocycles. The minimum Gasteiger partial charge on any atom is -0.496 e. The number of ether oxygens (including phenoxy) is 3. The van der Waals surface area contributed by atoms with Gasteiger partial charge in [0.05, 0.1) is 37.8 Å². The van der Waals surface area contributed by atoms with Crippen molar-refractivity contribution in [2.75, 3.05) is 62.7 Å². The third kappa shape index (κ3) is 4.92. The lowest BCUT2D eigenvalue weighted by Crippen LogP contribution is -2.64. The van der Waals surface area contributed by atoms with Gasteiger partial charge in [0, 0.05) is 52.4 Å². The Morgan fingerprint density at radius 1 is 1.23 bits per heavy atom. The fourth-order valence-corrected chi connectivity index (χ4v) is 5.36. The first-order chi connectivity index (χ1) is 18.8. The van der Waals surface area contributed by atoms with Crippen LogP contribution >= 0.6 is 0 Å². The number of nitrogens with zero attached hydrogens (tertiary/aromatic N) is 5. The molecule has 1 fully saturated rings. The third-order valence-electron chi connectivity index (χ3n) is 7.21. The summed E-state index contributed by atoms with van der Waals surface area (Å²) in [5.41, 5.74) is 2.28. The molecule has 2 aliphatic heterocycles. The number of methoxy groups -OCH3 is 2. The van der Waals surface area contributed by atoms with Crippen LogP contribution in [0, 0.1) is 12.8 Å². The molecule has 1 saturated heterocycles. The number of fused-ring (bicyclic) bond motifs is 1. The summed E-state index contributed by atoms with van der Waals surface area (Å²) in [7, 11) is 5.08. The summed E-state index contributed by atoms with van der Waals surface area (Å²) in [5.74, 6) is 3.31. The summed E-state index contributed by atoms with van der Waals surface area (Å²) in [5, 5.41) is 3.37. The van der Waals surface area contributed by atoms with Crippen LogP contribution in [-0.4, -0.2) is 74.0 Å². The Kier molecular flexibility index (Phi) is 7.46. The van der Waals surface area contributed by atoms with Crippen LogP contribution in [0.5, 0.6) is 5.75 Å². The molecule has 3 aromatic rings. The number of carbonyl (C=O) groups is 1. The van der Waals surface area contributed by atoms with Crippen molar-refractivity contribution in [3.63, 3.8) is 0 Å². The molecule has 0 radical (unpaired) electrons. The summed E-state index contributed by atoms with van der Waals surface area (Å²) in [6.07, 6.45) is 2.96. The molecule has 1 amide bonds. The molecule has 39 heavy (non-hydrogen) atoms. The molecular weight excluding hydrogens is 500 g/mol. The van der Waals surface area contributed by atoms with Crippen LogP contribution in [-0.2, 0) is 20.7 Å². The molecule has 0 saturated carbocycles. The van der Waals surface area contributed by atoms with Gasteiger partial charge in [0.25, 0.3) is 5.91 Å². The predicted octanol–water partition coefficient (Wildman–Crippen LogP) is 3.98. The van der Waals surface area contributed by atoms with E-state index in [1.54, 1.807) is 32.2 Å². The first kappa shape index (κ1) is 26.9. The van der Waals surface area contributed by atoms with Crippen molar-refractivity contribution in [1.29, 1.82) is 0 Å². The highest BCUT2D eigenvalue weighted by atomic mass is 16.5. The molecule has 208 valence electrons. The summed E-state index contributed by atoms with van der Waals surface area (Å²) in [6, 6.07) is 5.71. The largest absolute Gasteiger partial charge is 0.496 e. The molecule has 2 aliphatic rings. The average Bonchev–Trinajstić information content (AvgIpc) is 3.57. The highest BCUT2D eigenvalue weighted by molar-refractivity contribution is 6.08. The van der Waals surface area contributed by atoms with Gasteiger partial charge in [0.15, 0.2) is 17.5 Å². The SMILES string of the molecule is COCCN1c2nc(Nc3ccc(-c4cnc(C)o4)c(OC)c3)nc(CC(C)C)c2N(C)C(=O)C12CCOC2. The van der Waals surface area contributed by atoms with E-state index in [2.05, 4.69) is 29.0 Å². The number of benzene rings is 1. The Balaban J connectivity index is 1.58. The standard InChI is InChI=1S/C28H36N6O5/c1-17(2)13-21-24-25(34(10-12-36-5)28(9-11-38-16-28)26(35)33(24)4)32-27(31-21)30-19-7-8-20(22(14-19)37-6)23-15-29-18(3)39-23/h7-8,14-15,17H,9-13,16H2,1-6H3,(H,30,31,32). The molecule has 1 N–H and O–H groups in total. The minimum atomic E-state index is -0.818. The summed E-state index contributed by atoms with van der Waals surface area (Å²) >= 11 is 0. The van der Waals surface area contributed by atoms with E-state index in [1.165, 1.54) is 0 Å². The molecule has 5 rings (SSSR count). The molecule has 11 nitrogen and oxygen atoms in total. The lowest BCUT2D eigenvalue weighted by Gasteiger charge is -2.47. The van der Waals surface area contributed by atoms with Gasteiger partial charge in [-0.3, -0.25) is 4.79 Å². The fourth-order valence-electron chi connectivity index (χ4n) is 5.36. The number of carbonyl (C=O) groups excluding carboxylic acids is 1. The second kappa shape index (κ2) is 10.8. The van der Waals surface area contributed by atoms with Gasteiger partial charge in [-0.25, -0.2) is 9.97 Å². The monoisotopic (exact) mass is 536 g/mol. The Morgan fingerprint density at radius 2 is 2.05 bits per heavy atom. The third-order valence-corrected chi connectivity index (χ3v) is 7.21. The number of hydrogen-bond acceptors (Lipinski definition) is 10. The Hall–Kier alpha value is -3.70. The number of aromatic nitrogens is 3. The van der Waals surface area contributed by atoms with E-state index in [-0.39, 0.29) is 5.91 Å². The maximum Gasteiger partial charge on any atom is 0.255 e. The van der Waals surface area contributed by atoms with Crippen LogP contribution < -0.4 is 19.9 Å². The molecule has 4 heterocycles. The molecule has 1 spiro atoms. The van der Waals surface area contributed by atoms with Crippen LogP contribution in [0.15, 0.2) is 28.8 Å². The van der Waals surface area contributed by atoms with Crippen LogP contribution in [0.1, 0.15) is 31.9 Å². The zero-order valence-corrected chi connectivity index (χ0v) is 23.4. The minimum absolute atomic E-state index is 0.000830. The van der Waals surface area contributed by atoms with Crippen LogP contribution in [0.4, 0.5) is 23.1 Å². The summed E-state index contributed by atoms with van der Waals surface area (Å²) in [6.45, 7) is 7.85. The average molecular weight is 537 g/mol. The number of likely N-dealkylation sites (N-methyl/N-ethyl adjacent to an activating group) is 1. The van der Waals surface area contributed by atoms with Crippen molar-refractivity contribution in [3.05, 3.63) is 36.0 Å². The van der Waals surface area contributed by atoms with Crippen molar-refractivity contribution in [2.24, 2.45) is 5.92 Å². The smallest absolute Gasteiger partial charge is 0.255 e. The molecule has 1 atom stereocenters. The summed E-state index contributed by atoms with van der Waals surface area (Å²) < 4.78 is 22.5. The Labute approximate surface area is 228 Å². The maximum absolute atomic E-state index is 13.8. The quantitative estimate of drug-likeness (QED) is 0.431. The highest BCUT2D eigenvalue weighted by Gasteiger charge is 2.54. The predicted molar refractivity (Wildman–Crippen MR) is 148 cm³/mol. The van der Waals surface area contributed by atoms with Gasteiger partial charge in [-0.15, -0.1) is 0 Å². The van der Waals surface area contributed by atoms with Crippen molar-refractivity contribution in [1.82, 2.24) is 15.0 Å². The van der Waals surface area contributed by atoms with Crippen LogP contribution in [0.25, 0.3) is 11.3 Å². The van der Waals surface area contributed by atoms with Gasteiger partial charge in [-0.05, 0) is 24.5 Å². The van der Waals surface area contributed by atoms with E-state index in [9.17, 15) is 4.79 Å². The molecular formula is C28H36N6O5. The van der Waals surface area contributed by atoms with Crippen LogP contribution in [0.2, 0.25) is 0 Å². The van der Waals surface area contributed by atoms with Gasteiger partial charge < -0.3 is 33.7 Å². The van der Waals surface area contributed by atoms with E-state index < -0.39 is 5.54 Å². The van der Waals surface area contributed by atoms with Gasteiger partial charge >= 0.3 is 0 Å². The number of oxazole rings is 1. The number of nitrogens with one attached hydrogen (secondary N) is 1. The van der Waals surface area contributed by atoms with E-state index in [0.29, 0.717) is 74.3 Å². The second-order valence-corrected chi connectivity index (χ2v) is 10.4. The van der Waals surface area contributed by atoms with Crippen molar-refractivity contribution >= 4 is 29.0 Å². The van der Waals surface area contributed by atoms with Crippen molar-refractivity contribution < 1.29 is 23.4 Å². The second-order valence-electron chi connectivity index (χ2n) is 10.4. The lowest BCUT2D eigenvalue weighted by atomic mass is 9.90. The van der Waals surface area contributed by atoms with E-state index in [4.69, 9.17) is 28.6 Å². The molecule has 0 bridgehead atoms.